The van der Waals surface area contributed by atoms with Gasteiger partial charge in [-0.2, -0.15) is 0 Å². The maximum Gasteiger partial charge on any atom is 0.229 e. The molecule has 116 valence electrons. The fourth-order valence-corrected chi connectivity index (χ4v) is 3.03. The Morgan fingerprint density at radius 2 is 1.76 bits per heavy atom. The van der Waals surface area contributed by atoms with Gasteiger partial charge in [-0.25, -0.2) is 8.42 Å². The molecule has 1 saturated heterocycles. The van der Waals surface area contributed by atoms with E-state index in [9.17, 15) is 13.2 Å². The minimum Gasteiger partial charge on any atom is -0.380 e. The van der Waals surface area contributed by atoms with Crippen molar-refractivity contribution in [3.05, 3.63) is 24.3 Å². The van der Waals surface area contributed by atoms with Crippen molar-refractivity contribution in [2.75, 3.05) is 29.4 Å². The van der Waals surface area contributed by atoms with Crippen molar-refractivity contribution >= 4 is 27.3 Å². The van der Waals surface area contributed by atoms with Gasteiger partial charge in [0.1, 0.15) is 0 Å². The zero-order valence-electron chi connectivity index (χ0n) is 12.3. The van der Waals surface area contributed by atoms with E-state index < -0.39 is 10.0 Å². The molecule has 6 nitrogen and oxygen atoms in total. The quantitative estimate of drug-likeness (QED) is 0.883. The number of hydrogen-bond donors (Lipinski definition) is 2. The SMILES string of the molecule is CC(=O)N1CCC(Nc2ccccc2NS(C)(=O)=O)CC1. The number of benzene rings is 1. The summed E-state index contributed by atoms with van der Waals surface area (Å²) in [4.78, 5) is 13.1. The lowest BCUT2D eigenvalue weighted by Crippen LogP contribution is -2.41. The first-order chi connectivity index (χ1) is 9.85. The number of hydrogen-bond acceptors (Lipinski definition) is 4. The summed E-state index contributed by atoms with van der Waals surface area (Å²) in [5, 5.41) is 3.37. The normalized spacial score (nSPS) is 16.6. The minimum atomic E-state index is -3.30. The molecule has 0 radical (unpaired) electrons. The maximum atomic E-state index is 11.4. The molecule has 1 heterocycles. The standard InChI is InChI=1S/C14H21N3O3S/c1-11(18)17-9-7-12(8-10-17)15-13-5-3-4-6-14(13)16-21(2,19)20/h3-6,12,15-16H,7-10H2,1-2H3. The molecule has 1 amide bonds. The summed E-state index contributed by atoms with van der Waals surface area (Å²) in [6.45, 7) is 3.04. The zero-order chi connectivity index (χ0) is 15.5. The van der Waals surface area contributed by atoms with Gasteiger partial charge in [0.05, 0.1) is 17.6 Å². The number of piperidine rings is 1. The van der Waals surface area contributed by atoms with E-state index in [-0.39, 0.29) is 11.9 Å². The molecule has 1 fully saturated rings. The Kier molecular flexibility index (Phi) is 4.72. The van der Waals surface area contributed by atoms with Crippen LogP contribution >= 0.6 is 0 Å². The monoisotopic (exact) mass is 311 g/mol. The van der Waals surface area contributed by atoms with E-state index in [1.54, 1.807) is 19.1 Å². The lowest BCUT2D eigenvalue weighted by molar-refractivity contribution is -0.129. The van der Waals surface area contributed by atoms with E-state index in [0.29, 0.717) is 5.69 Å². The van der Waals surface area contributed by atoms with Gasteiger partial charge in [0.15, 0.2) is 0 Å². The molecule has 0 spiro atoms. The average Bonchev–Trinajstić information content (AvgIpc) is 2.40. The molecule has 0 unspecified atom stereocenters. The van der Waals surface area contributed by atoms with Crippen LogP contribution in [0.4, 0.5) is 11.4 Å². The van der Waals surface area contributed by atoms with Crippen LogP contribution in [0, 0.1) is 0 Å². The van der Waals surface area contributed by atoms with Crippen molar-refractivity contribution < 1.29 is 13.2 Å². The number of amides is 1. The number of para-hydroxylation sites is 2. The van der Waals surface area contributed by atoms with Gasteiger partial charge in [0.2, 0.25) is 15.9 Å². The number of likely N-dealkylation sites (tertiary alicyclic amines) is 1. The topological polar surface area (TPSA) is 78.5 Å². The molecule has 1 aliphatic heterocycles. The summed E-state index contributed by atoms with van der Waals surface area (Å²) in [5.74, 6) is 0.104. The third kappa shape index (κ3) is 4.63. The van der Waals surface area contributed by atoms with E-state index >= 15 is 0 Å². The number of nitrogens with zero attached hydrogens (tertiary/aromatic N) is 1. The molecule has 1 aromatic rings. The van der Waals surface area contributed by atoms with Crippen LogP contribution in [-0.4, -0.2) is 44.6 Å². The van der Waals surface area contributed by atoms with E-state index in [1.165, 1.54) is 0 Å². The van der Waals surface area contributed by atoms with Gasteiger partial charge in [0, 0.05) is 26.1 Å². The highest BCUT2D eigenvalue weighted by Gasteiger charge is 2.21. The van der Waals surface area contributed by atoms with Gasteiger partial charge in [-0.05, 0) is 25.0 Å². The fourth-order valence-electron chi connectivity index (χ4n) is 2.46. The average molecular weight is 311 g/mol. The second-order valence-corrected chi connectivity index (χ2v) is 7.09. The van der Waals surface area contributed by atoms with Crippen LogP contribution in [-0.2, 0) is 14.8 Å². The fraction of sp³-hybridized carbons (Fsp3) is 0.500. The van der Waals surface area contributed by atoms with Gasteiger partial charge < -0.3 is 10.2 Å². The van der Waals surface area contributed by atoms with Gasteiger partial charge in [0.25, 0.3) is 0 Å². The second-order valence-electron chi connectivity index (χ2n) is 5.34. The van der Waals surface area contributed by atoms with E-state index in [1.807, 2.05) is 17.0 Å². The molecule has 1 aliphatic rings. The van der Waals surface area contributed by atoms with Crippen molar-refractivity contribution in [1.29, 1.82) is 0 Å². The number of anilines is 2. The highest BCUT2D eigenvalue weighted by molar-refractivity contribution is 7.92. The molecular formula is C14H21N3O3S. The molecule has 0 saturated carbocycles. The smallest absolute Gasteiger partial charge is 0.229 e. The van der Waals surface area contributed by atoms with Gasteiger partial charge in [-0.3, -0.25) is 9.52 Å². The largest absolute Gasteiger partial charge is 0.380 e. The molecule has 21 heavy (non-hydrogen) atoms. The van der Waals surface area contributed by atoms with Crippen LogP contribution in [0.15, 0.2) is 24.3 Å². The first kappa shape index (κ1) is 15.6. The molecule has 2 rings (SSSR count). The van der Waals surface area contributed by atoms with Crippen molar-refractivity contribution in [2.45, 2.75) is 25.8 Å². The highest BCUT2D eigenvalue weighted by Crippen LogP contribution is 2.25. The van der Waals surface area contributed by atoms with E-state index in [2.05, 4.69) is 10.0 Å². The molecule has 7 heteroatoms. The first-order valence-corrected chi connectivity index (χ1v) is 8.83. The van der Waals surface area contributed by atoms with Crippen molar-refractivity contribution in [3.8, 4) is 0 Å². The number of sulfonamides is 1. The molecule has 0 aromatic heterocycles. The third-order valence-corrected chi connectivity index (χ3v) is 4.11. The summed E-state index contributed by atoms with van der Waals surface area (Å²) in [7, 11) is -3.30. The van der Waals surface area contributed by atoms with Gasteiger partial charge in [-0.1, -0.05) is 12.1 Å². The number of carbonyl (C=O) groups excluding carboxylic acids is 1. The van der Waals surface area contributed by atoms with E-state index in [4.69, 9.17) is 0 Å². The van der Waals surface area contributed by atoms with Crippen molar-refractivity contribution in [2.24, 2.45) is 0 Å². The molecule has 2 N–H and O–H groups in total. The number of rotatable bonds is 4. The van der Waals surface area contributed by atoms with Crippen LogP contribution in [0.2, 0.25) is 0 Å². The Labute approximate surface area is 125 Å². The summed E-state index contributed by atoms with van der Waals surface area (Å²) in [6.07, 6.45) is 2.84. The first-order valence-electron chi connectivity index (χ1n) is 6.94. The second kappa shape index (κ2) is 6.34. The third-order valence-electron chi connectivity index (χ3n) is 3.52. The predicted octanol–water partition coefficient (Wildman–Crippen LogP) is 1.48. The number of nitrogens with one attached hydrogen (secondary N) is 2. The Bertz CT molecular complexity index is 608. The Morgan fingerprint density at radius 1 is 1.19 bits per heavy atom. The highest BCUT2D eigenvalue weighted by atomic mass is 32.2. The van der Waals surface area contributed by atoms with Crippen LogP contribution in [0.1, 0.15) is 19.8 Å². The van der Waals surface area contributed by atoms with Crippen LogP contribution in [0.5, 0.6) is 0 Å². The van der Waals surface area contributed by atoms with Crippen LogP contribution in [0.25, 0.3) is 0 Å². The molecular weight excluding hydrogens is 290 g/mol. The molecule has 0 atom stereocenters. The summed E-state index contributed by atoms with van der Waals surface area (Å²) in [5.41, 5.74) is 1.32. The molecule has 0 bridgehead atoms. The minimum absolute atomic E-state index is 0.104. The van der Waals surface area contributed by atoms with Gasteiger partial charge >= 0.3 is 0 Å². The predicted molar refractivity (Wildman–Crippen MR) is 83.8 cm³/mol. The number of carbonyl (C=O) groups is 1. The summed E-state index contributed by atoms with van der Waals surface area (Å²) >= 11 is 0. The molecule has 0 aliphatic carbocycles. The van der Waals surface area contributed by atoms with Crippen molar-refractivity contribution in [3.63, 3.8) is 0 Å². The van der Waals surface area contributed by atoms with E-state index in [0.717, 1.165) is 37.9 Å². The maximum absolute atomic E-state index is 11.4. The van der Waals surface area contributed by atoms with Crippen molar-refractivity contribution in [1.82, 2.24) is 4.90 Å². The summed E-state index contributed by atoms with van der Waals surface area (Å²) in [6, 6.07) is 7.47. The van der Waals surface area contributed by atoms with Crippen LogP contribution < -0.4 is 10.0 Å². The lowest BCUT2D eigenvalue weighted by atomic mass is 10.0. The lowest BCUT2D eigenvalue weighted by Gasteiger charge is -2.32. The summed E-state index contributed by atoms with van der Waals surface area (Å²) < 4.78 is 25.3. The van der Waals surface area contributed by atoms with Gasteiger partial charge in [-0.15, -0.1) is 0 Å². The van der Waals surface area contributed by atoms with Crippen LogP contribution in [0.3, 0.4) is 0 Å². The Balaban J connectivity index is 2.02. The Morgan fingerprint density at radius 3 is 2.29 bits per heavy atom. The Hall–Kier alpha value is -1.76. The zero-order valence-corrected chi connectivity index (χ0v) is 13.1. The molecule has 1 aromatic carbocycles.